The Hall–Kier alpha value is -1.37. The van der Waals surface area contributed by atoms with Crippen molar-refractivity contribution in [3.63, 3.8) is 0 Å². The number of aryl methyl sites for hydroxylation is 1. The summed E-state index contributed by atoms with van der Waals surface area (Å²) in [5.74, 6) is 1.61. The van der Waals surface area contributed by atoms with Crippen LogP contribution in [0.25, 0.3) is 0 Å². The minimum absolute atomic E-state index is 0.445. The van der Waals surface area contributed by atoms with Gasteiger partial charge in [-0.2, -0.15) is 0 Å². The predicted molar refractivity (Wildman–Crippen MR) is 71.5 cm³/mol. The number of hydrogen-bond donors (Lipinski definition) is 0. The molecule has 0 saturated heterocycles. The zero-order chi connectivity index (χ0) is 12.1. The lowest BCUT2D eigenvalue weighted by Gasteiger charge is -2.38. The van der Waals surface area contributed by atoms with Crippen molar-refractivity contribution in [2.45, 2.75) is 44.4 Å². The summed E-state index contributed by atoms with van der Waals surface area (Å²) in [6.07, 6.45) is 6.67. The van der Waals surface area contributed by atoms with Crippen LogP contribution in [0.2, 0.25) is 0 Å². The van der Waals surface area contributed by atoms with Gasteiger partial charge >= 0.3 is 0 Å². The van der Waals surface area contributed by atoms with Crippen LogP contribution >= 0.6 is 0 Å². The second-order valence-electron chi connectivity index (χ2n) is 5.94. The highest BCUT2D eigenvalue weighted by atomic mass is 16.1. The number of allylic oxidation sites excluding steroid dienone is 2. The number of Topliss-reactive ketones (excluding diaryl/α,β-unsaturated/α-hetero) is 1. The number of rotatable bonds is 0. The molecule has 1 aromatic carbocycles. The number of ketones is 1. The van der Waals surface area contributed by atoms with Crippen molar-refractivity contribution < 1.29 is 4.79 Å². The van der Waals surface area contributed by atoms with Crippen molar-refractivity contribution in [2.75, 3.05) is 0 Å². The molecule has 0 amide bonds. The van der Waals surface area contributed by atoms with Gasteiger partial charge < -0.3 is 0 Å². The van der Waals surface area contributed by atoms with E-state index in [1.165, 1.54) is 48.0 Å². The van der Waals surface area contributed by atoms with Crippen molar-refractivity contribution in [3.05, 3.63) is 46.5 Å². The molecule has 0 N–H and O–H groups in total. The first-order chi connectivity index (χ1) is 8.84. The van der Waals surface area contributed by atoms with E-state index in [4.69, 9.17) is 0 Å². The third kappa shape index (κ3) is 1.36. The van der Waals surface area contributed by atoms with Gasteiger partial charge in [0.1, 0.15) is 0 Å². The molecule has 0 aliphatic heterocycles. The number of hydrogen-bond acceptors (Lipinski definition) is 1. The zero-order valence-electron chi connectivity index (χ0n) is 10.6. The van der Waals surface area contributed by atoms with E-state index in [0.717, 1.165) is 12.8 Å². The van der Waals surface area contributed by atoms with Crippen LogP contribution in [0.4, 0.5) is 0 Å². The zero-order valence-corrected chi connectivity index (χ0v) is 10.6. The van der Waals surface area contributed by atoms with Gasteiger partial charge in [-0.25, -0.2) is 0 Å². The Morgan fingerprint density at radius 2 is 1.89 bits per heavy atom. The fourth-order valence-corrected chi connectivity index (χ4v) is 4.34. The second kappa shape index (κ2) is 3.81. The minimum atomic E-state index is 0.445. The average molecular weight is 238 g/mol. The molecule has 1 aromatic rings. The maximum atomic E-state index is 12.3. The lowest BCUT2D eigenvalue weighted by atomic mass is 9.66. The van der Waals surface area contributed by atoms with Gasteiger partial charge in [-0.3, -0.25) is 4.79 Å². The van der Waals surface area contributed by atoms with Crippen LogP contribution in [0.5, 0.6) is 0 Å². The van der Waals surface area contributed by atoms with Crippen molar-refractivity contribution in [3.8, 4) is 0 Å². The molecular formula is C17H18O. The molecule has 3 aliphatic carbocycles. The molecule has 0 aromatic heterocycles. The SMILES string of the molecule is O=C1C[C@H]2c3ccccc3CC[C@@H]2C2=C1CCC2. The topological polar surface area (TPSA) is 17.1 Å². The Morgan fingerprint density at radius 1 is 1.00 bits per heavy atom. The Bertz CT molecular complexity index is 552. The first-order valence-corrected chi connectivity index (χ1v) is 7.17. The van der Waals surface area contributed by atoms with Gasteiger partial charge in [-0.1, -0.05) is 29.8 Å². The summed E-state index contributed by atoms with van der Waals surface area (Å²) >= 11 is 0. The summed E-state index contributed by atoms with van der Waals surface area (Å²) in [5, 5.41) is 0. The molecular weight excluding hydrogens is 220 g/mol. The van der Waals surface area contributed by atoms with Gasteiger partial charge in [-0.05, 0) is 60.6 Å². The summed E-state index contributed by atoms with van der Waals surface area (Å²) in [5.41, 5.74) is 5.69. The molecule has 18 heavy (non-hydrogen) atoms. The highest BCUT2D eigenvalue weighted by molar-refractivity contribution is 5.98. The van der Waals surface area contributed by atoms with Crippen molar-refractivity contribution >= 4 is 5.78 Å². The number of fused-ring (bicyclic) bond motifs is 4. The van der Waals surface area contributed by atoms with Crippen LogP contribution in [0.1, 0.15) is 49.1 Å². The van der Waals surface area contributed by atoms with Crippen LogP contribution in [0.3, 0.4) is 0 Å². The smallest absolute Gasteiger partial charge is 0.159 e. The standard InChI is InChI=1S/C17H18O/c18-17-10-16-12-5-2-1-4-11(12)8-9-14(16)13-6-3-7-15(13)17/h1-2,4-5,14,16H,3,6-10H2/t14-,16+/m1/s1. The Morgan fingerprint density at radius 3 is 2.83 bits per heavy atom. The summed E-state index contributed by atoms with van der Waals surface area (Å²) in [6.45, 7) is 0. The molecule has 2 atom stereocenters. The summed E-state index contributed by atoms with van der Waals surface area (Å²) in [6, 6.07) is 8.75. The molecule has 0 spiro atoms. The number of carbonyl (C=O) groups is 1. The highest BCUT2D eigenvalue weighted by Gasteiger charge is 2.40. The largest absolute Gasteiger partial charge is 0.295 e. The summed E-state index contributed by atoms with van der Waals surface area (Å²) in [4.78, 5) is 12.3. The fraction of sp³-hybridized carbons (Fsp3) is 0.471. The van der Waals surface area contributed by atoms with Gasteiger partial charge in [0.25, 0.3) is 0 Å². The first-order valence-electron chi connectivity index (χ1n) is 7.17. The summed E-state index contributed by atoms with van der Waals surface area (Å²) < 4.78 is 0. The van der Waals surface area contributed by atoms with Crippen LogP contribution in [0, 0.1) is 5.92 Å². The molecule has 0 radical (unpaired) electrons. The molecule has 3 aliphatic rings. The van der Waals surface area contributed by atoms with E-state index in [2.05, 4.69) is 24.3 Å². The van der Waals surface area contributed by atoms with Crippen LogP contribution < -0.4 is 0 Å². The van der Waals surface area contributed by atoms with E-state index in [0.29, 0.717) is 17.6 Å². The Balaban J connectivity index is 1.82. The summed E-state index contributed by atoms with van der Waals surface area (Å²) in [7, 11) is 0. The van der Waals surface area contributed by atoms with E-state index >= 15 is 0 Å². The van der Waals surface area contributed by atoms with Crippen LogP contribution in [0.15, 0.2) is 35.4 Å². The van der Waals surface area contributed by atoms with Crippen molar-refractivity contribution in [2.24, 2.45) is 5.92 Å². The van der Waals surface area contributed by atoms with Crippen LogP contribution in [-0.2, 0) is 11.2 Å². The fourth-order valence-electron chi connectivity index (χ4n) is 4.34. The monoisotopic (exact) mass is 238 g/mol. The molecule has 0 saturated carbocycles. The normalized spacial score (nSPS) is 29.9. The van der Waals surface area contributed by atoms with Crippen molar-refractivity contribution in [1.29, 1.82) is 0 Å². The number of benzene rings is 1. The molecule has 0 bridgehead atoms. The molecule has 0 fully saturated rings. The molecule has 0 heterocycles. The first kappa shape index (κ1) is 10.5. The maximum Gasteiger partial charge on any atom is 0.159 e. The lowest BCUT2D eigenvalue weighted by Crippen LogP contribution is -2.29. The van der Waals surface area contributed by atoms with E-state index in [-0.39, 0.29) is 0 Å². The van der Waals surface area contributed by atoms with E-state index in [1.807, 2.05) is 0 Å². The molecule has 4 rings (SSSR count). The van der Waals surface area contributed by atoms with Gasteiger partial charge in [0.2, 0.25) is 0 Å². The second-order valence-corrected chi connectivity index (χ2v) is 5.94. The van der Waals surface area contributed by atoms with Gasteiger partial charge in [0.05, 0.1) is 0 Å². The Kier molecular flexibility index (Phi) is 2.23. The highest BCUT2D eigenvalue weighted by Crippen LogP contribution is 2.50. The number of carbonyl (C=O) groups excluding carboxylic acids is 1. The molecule has 1 heteroatoms. The molecule has 1 nitrogen and oxygen atoms in total. The van der Waals surface area contributed by atoms with Gasteiger partial charge in [0.15, 0.2) is 5.78 Å². The third-order valence-corrected chi connectivity index (χ3v) is 5.11. The minimum Gasteiger partial charge on any atom is -0.295 e. The lowest BCUT2D eigenvalue weighted by molar-refractivity contribution is -0.116. The quantitative estimate of drug-likeness (QED) is 0.672. The Labute approximate surface area is 108 Å². The molecule has 0 unspecified atom stereocenters. The van der Waals surface area contributed by atoms with E-state index in [9.17, 15) is 4.79 Å². The van der Waals surface area contributed by atoms with Gasteiger partial charge in [-0.15, -0.1) is 0 Å². The predicted octanol–water partition coefficient (Wildman–Crippen LogP) is 3.79. The van der Waals surface area contributed by atoms with Crippen LogP contribution in [-0.4, -0.2) is 5.78 Å². The van der Waals surface area contributed by atoms with E-state index < -0.39 is 0 Å². The maximum absolute atomic E-state index is 12.3. The van der Waals surface area contributed by atoms with Crippen molar-refractivity contribution in [1.82, 2.24) is 0 Å². The third-order valence-electron chi connectivity index (χ3n) is 5.11. The molecule has 92 valence electrons. The van der Waals surface area contributed by atoms with Gasteiger partial charge in [0, 0.05) is 6.42 Å². The van der Waals surface area contributed by atoms with E-state index in [1.54, 1.807) is 0 Å². The average Bonchev–Trinajstić information content (AvgIpc) is 2.89.